The molecule has 0 unspecified atom stereocenters. The van der Waals surface area contributed by atoms with Crippen molar-refractivity contribution in [1.29, 1.82) is 0 Å². The summed E-state index contributed by atoms with van der Waals surface area (Å²) in [4.78, 5) is 12.3. The van der Waals surface area contributed by atoms with E-state index in [1.54, 1.807) is 18.2 Å². The predicted molar refractivity (Wildman–Crippen MR) is 126 cm³/mol. The maximum atomic E-state index is 12.5. The minimum Gasteiger partial charge on any atom is -0.434 e. The molecule has 1 N–H and O–H groups in total. The number of alkyl halides is 2. The Hall–Kier alpha value is -4.05. The smallest absolute Gasteiger partial charge is 0.387 e. The van der Waals surface area contributed by atoms with E-state index in [0.717, 1.165) is 11.3 Å². The van der Waals surface area contributed by atoms with Gasteiger partial charge in [-0.15, -0.1) is 10.2 Å². The second-order valence-corrected chi connectivity index (χ2v) is 7.78. The molecule has 0 bridgehead atoms. The molecule has 7 nitrogen and oxygen atoms in total. The van der Waals surface area contributed by atoms with Crippen LogP contribution in [0.5, 0.6) is 5.75 Å². The van der Waals surface area contributed by atoms with E-state index in [-0.39, 0.29) is 11.5 Å². The second-order valence-electron chi connectivity index (χ2n) is 6.84. The van der Waals surface area contributed by atoms with Crippen molar-refractivity contribution in [3.05, 3.63) is 90.5 Å². The third-order valence-corrected chi connectivity index (χ3v) is 5.47. The zero-order valence-corrected chi connectivity index (χ0v) is 18.5. The van der Waals surface area contributed by atoms with Gasteiger partial charge >= 0.3 is 6.61 Å². The van der Waals surface area contributed by atoms with Crippen molar-refractivity contribution in [1.82, 2.24) is 20.2 Å². The first kappa shape index (κ1) is 23.1. The molecule has 1 aromatic heterocycles. The molecule has 3 aromatic carbocycles. The van der Waals surface area contributed by atoms with Crippen LogP contribution in [0.4, 0.5) is 8.78 Å². The Balaban J connectivity index is 1.45. The first-order valence-electron chi connectivity index (χ1n) is 10.2. The highest BCUT2D eigenvalue weighted by Crippen LogP contribution is 2.27. The van der Waals surface area contributed by atoms with Gasteiger partial charge in [0.1, 0.15) is 5.75 Å². The van der Waals surface area contributed by atoms with Crippen molar-refractivity contribution in [3.63, 3.8) is 0 Å². The molecule has 1 amide bonds. The van der Waals surface area contributed by atoms with Gasteiger partial charge in [0.2, 0.25) is 0 Å². The zero-order chi connectivity index (χ0) is 23.8. The van der Waals surface area contributed by atoms with Gasteiger partial charge < -0.3 is 4.74 Å². The van der Waals surface area contributed by atoms with Crippen LogP contribution in [0, 0.1) is 0 Å². The normalized spacial score (nSPS) is 11.1. The van der Waals surface area contributed by atoms with Gasteiger partial charge in [-0.1, -0.05) is 72.4 Å². The molecular weight excluding hydrogens is 460 g/mol. The summed E-state index contributed by atoms with van der Waals surface area (Å²) in [6.07, 6.45) is 1.25. The summed E-state index contributed by atoms with van der Waals surface area (Å²) in [7, 11) is 0. The third-order valence-electron chi connectivity index (χ3n) is 4.54. The average molecular weight is 480 g/mol. The Morgan fingerprint density at radius 2 is 1.68 bits per heavy atom. The quantitative estimate of drug-likeness (QED) is 0.212. The topological polar surface area (TPSA) is 81.4 Å². The maximum absolute atomic E-state index is 12.5. The lowest BCUT2D eigenvalue weighted by Crippen LogP contribution is -2.20. The molecule has 10 heteroatoms. The van der Waals surface area contributed by atoms with Crippen LogP contribution in [-0.4, -0.2) is 39.3 Å². The van der Waals surface area contributed by atoms with Crippen molar-refractivity contribution in [2.75, 3.05) is 5.75 Å². The van der Waals surface area contributed by atoms with Crippen molar-refractivity contribution < 1.29 is 18.3 Å². The van der Waals surface area contributed by atoms with Crippen molar-refractivity contribution in [2.45, 2.75) is 11.8 Å². The first-order chi connectivity index (χ1) is 16.6. The van der Waals surface area contributed by atoms with Crippen LogP contribution in [0.25, 0.3) is 17.1 Å². The van der Waals surface area contributed by atoms with Gasteiger partial charge in [0, 0.05) is 16.8 Å². The van der Waals surface area contributed by atoms with Gasteiger partial charge in [-0.3, -0.25) is 9.36 Å². The lowest BCUT2D eigenvalue weighted by Gasteiger charge is -2.10. The van der Waals surface area contributed by atoms with E-state index in [4.69, 9.17) is 0 Å². The number of halogens is 2. The summed E-state index contributed by atoms with van der Waals surface area (Å²) in [5, 5.41) is 13.0. The summed E-state index contributed by atoms with van der Waals surface area (Å²) in [5.74, 6) is 0.252. The van der Waals surface area contributed by atoms with Gasteiger partial charge in [-0.2, -0.15) is 13.9 Å². The molecule has 0 atom stereocenters. The van der Waals surface area contributed by atoms with Crippen LogP contribution in [0.1, 0.15) is 5.56 Å². The molecule has 4 rings (SSSR count). The zero-order valence-electron chi connectivity index (χ0n) is 17.7. The number of hydrazone groups is 1. The van der Waals surface area contributed by atoms with Crippen molar-refractivity contribution in [2.24, 2.45) is 5.10 Å². The Kier molecular flexibility index (Phi) is 7.61. The van der Waals surface area contributed by atoms with Gasteiger partial charge in [0.15, 0.2) is 11.0 Å². The highest BCUT2D eigenvalue weighted by Gasteiger charge is 2.17. The molecule has 0 saturated heterocycles. The highest BCUT2D eigenvalue weighted by molar-refractivity contribution is 7.99. The number of ether oxygens (including phenoxy) is 1. The summed E-state index contributed by atoms with van der Waals surface area (Å²) >= 11 is 1.20. The summed E-state index contributed by atoms with van der Waals surface area (Å²) in [5.41, 5.74) is 4.46. The number of amides is 1. The van der Waals surface area contributed by atoms with E-state index in [2.05, 4.69) is 25.5 Å². The van der Waals surface area contributed by atoms with Crippen LogP contribution in [-0.2, 0) is 4.79 Å². The van der Waals surface area contributed by atoms with Gasteiger partial charge in [0.25, 0.3) is 5.91 Å². The number of benzene rings is 3. The van der Waals surface area contributed by atoms with E-state index in [1.165, 1.54) is 24.0 Å². The number of carbonyl (C=O) groups excluding carboxylic acids is 1. The fraction of sp³-hybridized carbons (Fsp3) is 0.0833. The molecular formula is C24H19F2N5O2S. The maximum Gasteiger partial charge on any atom is 0.387 e. The first-order valence-corrected chi connectivity index (χ1v) is 11.1. The Morgan fingerprint density at radius 3 is 2.41 bits per heavy atom. The molecule has 34 heavy (non-hydrogen) atoms. The number of para-hydroxylation sites is 2. The molecule has 172 valence electrons. The van der Waals surface area contributed by atoms with E-state index < -0.39 is 12.5 Å². The number of nitrogens with zero attached hydrogens (tertiary/aromatic N) is 4. The summed E-state index contributed by atoms with van der Waals surface area (Å²) in [6.45, 7) is -2.96. The monoisotopic (exact) mass is 479 g/mol. The molecule has 0 saturated carbocycles. The van der Waals surface area contributed by atoms with Gasteiger partial charge in [0.05, 0.1) is 12.0 Å². The number of carbonyl (C=O) groups is 1. The lowest BCUT2D eigenvalue weighted by atomic mass is 10.2. The molecule has 1 heterocycles. The molecule has 0 fully saturated rings. The summed E-state index contributed by atoms with van der Waals surface area (Å²) in [6, 6.07) is 25.4. The number of rotatable bonds is 9. The van der Waals surface area contributed by atoms with Crippen LogP contribution >= 0.6 is 11.8 Å². The minimum atomic E-state index is -2.96. The van der Waals surface area contributed by atoms with Gasteiger partial charge in [-0.25, -0.2) is 5.43 Å². The van der Waals surface area contributed by atoms with Crippen molar-refractivity contribution in [3.8, 4) is 22.8 Å². The Morgan fingerprint density at radius 1 is 1.00 bits per heavy atom. The molecule has 0 spiro atoms. The highest BCUT2D eigenvalue weighted by atomic mass is 32.2. The van der Waals surface area contributed by atoms with Crippen LogP contribution < -0.4 is 10.2 Å². The van der Waals surface area contributed by atoms with E-state index >= 15 is 0 Å². The fourth-order valence-corrected chi connectivity index (χ4v) is 3.82. The Labute approximate surface area is 198 Å². The van der Waals surface area contributed by atoms with E-state index in [0.29, 0.717) is 16.5 Å². The standard InChI is InChI=1S/C24H19F2N5O2S/c25-23(26)33-20-14-8-7-11-18(20)15-27-28-21(32)16-34-24-30-29-22(17-9-3-1-4-10-17)31(24)19-12-5-2-6-13-19/h1-15,23H,16H2,(H,28,32). The number of nitrogens with one attached hydrogen (secondary N) is 1. The number of hydrogen-bond acceptors (Lipinski definition) is 6. The lowest BCUT2D eigenvalue weighted by molar-refractivity contribution is -0.118. The summed E-state index contributed by atoms with van der Waals surface area (Å²) < 4.78 is 31.4. The SMILES string of the molecule is O=C(CSc1nnc(-c2ccccc2)n1-c1ccccc1)NN=Cc1ccccc1OC(F)F. The molecule has 0 radical (unpaired) electrons. The van der Waals surface area contributed by atoms with E-state index in [9.17, 15) is 13.6 Å². The average Bonchev–Trinajstić information content (AvgIpc) is 3.28. The van der Waals surface area contributed by atoms with E-state index in [1.807, 2.05) is 65.2 Å². The van der Waals surface area contributed by atoms with Crippen LogP contribution in [0.2, 0.25) is 0 Å². The third kappa shape index (κ3) is 5.84. The minimum absolute atomic E-state index is 0.0201. The number of hydrogen-bond donors (Lipinski definition) is 1. The molecule has 4 aromatic rings. The van der Waals surface area contributed by atoms with Crippen molar-refractivity contribution >= 4 is 23.9 Å². The molecule has 0 aliphatic rings. The predicted octanol–water partition coefficient (Wildman–Crippen LogP) is 4.78. The number of aromatic nitrogens is 3. The van der Waals surface area contributed by atoms with Crippen LogP contribution in [0.15, 0.2) is 95.2 Å². The van der Waals surface area contributed by atoms with Crippen LogP contribution in [0.3, 0.4) is 0 Å². The Bertz CT molecular complexity index is 1270. The van der Waals surface area contributed by atoms with Gasteiger partial charge in [-0.05, 0) is 24.3 Å². The molecule has 0 aliphatic carbocycles. The second kappa shape index (κ2) is 11.2. The number of thioether (sulfide) groups is 1. The molecule has 0 aliphatic heterocycles. The fourth-order valence-electron chi connectivity index (χ4n) is 3.07. The largest absolute Gasteiger partial charge is 0.434 e.